The summed E-state index contributed by atoms with van der Waals surface area (Å²) in [5.74, 6) is 1.17. The summed E-state index contributed by atoms with van der Waals surface area (Å²) >= 11 is 0. The lowest BCUT2D eigenvalue weighted by Gasteiger charge is -2.16. The minimum atomic E-state index is 0.0110. The molecule has 0 bridgehead atoms. The Hall–Kier alpha value is -2.82. The summed E-state index contributed by atoms with van der Waals surface area (Å²) in [6.45, 7) is 3.64. The summed E-state index contributed by atoms with van der Waals surface area (Å²) in [5.41, 5.74) is 3.09. The maximum atomic E-state index is 11.9. The predicted molar refractivity (Wildman–Crippen MR) is 108 cm³/mol. The van der Waals surface area contributed by atoms with Gasteiger partial charge in [-0.25, -0.2) is 0 Å². The van der Waals surface area contributed by atoms with Crippen LogP contribution >= 0.6 is 0 Å². The highest BCUT2D eigenvalue weighted by Crippen LogP contribution is 2.13. The van der Waals surface area contributed by atoms with E-state index in [1.54, 1.807) is 26.0 Å². The highest BCUT2D eigenvalue weighted by Gasteiger charge is 2.08. The molecule has 26 heavy (non-hydrogen) atoms. The van der Waals surface area contributed by atoms with Crippen LogP contribution in [0, 0.1) is 0 Å². The van der Waals surface area contributed by atoms with E-state index in [4.69, 9.17) is 0 Å². The Labute approximate surface area is 156 Å². The number of nitrogens with one attached hydrogen (secondary N) is 2. The van der Waals surface area contributed by atoms with Crippen LogP contribution in [-0.2, 0) is 6.54 Å². The lowest BCUT2D eigenvalue weighted by atomic mass is 10.0. The van der Waals surface area contributed by atoms with Gasteiger partial charge in [0.15, 0.2) is 5.96 Å². The molecule has 0 aliphatic carbocycles. The van der Waals surface area contributed by atoms with E-state index in [9.17, 15) is 4.79 Å². The molecule has 2 aromatic carbocycles. The minimum Gasteiger partial charge on any atom is -0.356 e. The zero-order chi connectivity index (χ0) is 18.9. The summed E-state index contributed by atoms with van der Waals surface area (Å²) in [4.78, 5) is 17.8. The Morgan fingerprint density at radius 1 is 1.04 bits per heavy atom. The van der Waals surface area contributed by atoms with Crippen LogP contribution in [0.2, 0.25) is 0 Å². The van der Waals surface area contributed by atoms with Gasteiger partial charge in [0, 0.05) is 39.8 Å². The van der Waals surface area contributed by atoms with Gasteiger partial charge in [0.05, 0.1) is 0 Å². The SMILES string of the molecule is CN=C(NCc1ccc(C(=O)N(C)C)cc1)NCC(C)c1ccccc1. The number of hydrogen-bond acceptors (Lipinski definition) is 2. The Bertz CT molecular complexity index is 723. The summed E-state index contributed by atoms with van der Waals surface area (Å²) in [6.07, 6.45) is 0. The molecule has 138 valence electrons. The fourth-order valence-electron chi connectivity index (χ4n) is 2.58. The van der Waals surface area contributed by atoms with Crippen LogP contribution in [0.3, 0.4) is 0 Å². The van der Waals surface area contributed by atoms with Gasteiger partial charge >= 0.3 is 0 Å². The number of benzene rings is 2. The van der Waals surface area contributed by atoms with E-state index in [2.05, 4.69) is 46.8 Å². The first kappa shape index (κ1) is 19.5. The molecule has 1 atom stereocenters. The van der Waals surface area contributed by atoms with Gasteiger partial charge in [-0.15, -0.1) is 0 Å². The monoisotopic (exact) mass is 352 g/mol. The molecule has 0 aromatic heterocycles. The smallest absolute Gasteiger partial charge is 0.253 e. The van der Waals surface area contributed by atoms with Gasteiger partial charge in [0.25, 0.3) is 5.91 Å². The molecule has 0 saturated heterocycles. The third kappa shape index (κ3) is 5.62. The highest BCUT2D eigenvalue weighted by molar-refractivity contribution is 5.93. The molecular weight excluding hydrogens is 324 g/mol. The Kier molecular flexibility index (Phi) is 7.21. The van der Waals surface area contributed by atoms with Gasteiger partial charge in [-0.05, 0) is 29.2 Å². The molecule has 1 unspecified atom stereocenters. The zero-order valence-electron chi connectivity index (χ0n) is 16.0. The number of aliphatic imine (C=N–C) groups is 1. The second-order valence-corrected chi connectivity index (χ2v) is 6.51. The number of amides is 1. The topological polar surface area (TPSA) is 56.7 Å². The van der Waals surface area contributed by atoms with Crippen LogP contribution in [0.1, 0.15) is 34.3 Å². The van der Waals surface area contributed by atoms with Crippen LogP contribution in [0.4, 0.5) is 0 Å². The number of hydrogen-bond donors (Lipinski definition) is 2. The van der Waals surface area contributed by atoms with Gasteiger partial charge in [-0.1, -0.05) is 49.4 Å². The van der Waals surface area contributed by atoms with Crippen molar-refractivity contribution < 1.29 is 4.79 Å². The summed E-state index contributed by atoms with van der Waals surface area (Å²) in [7, 11) is 5.27. The molecule has 0 fully saturated rings. The predicted octanol–water partition coefficient (Wildman–Crippen LogP) is 2.86. The number of carbonyl (C=O) groups is 1. The van der Waals surface area contributed by atoms with Gasteiger partial charge in [0.2, 0.25) is 0 Å². The van der Waals surface area contributed by atoms with Crippen molar-refractivity contribution >= 4 is 11.9 Å². The normalized spacial score (nSPS) is 12.4. The van der Waals surface area contributed by atoms with Crippen molar-refractivity contribution in [3.8, 4) is 0 Å². The first-order valence-corrected chi connectivity index (χ1v) is 8.81. The van der Waals surface area contributed by atoms with Crippen LogP contribution in [-0.4, -0.2) is 44.5 Å². The molecule has 0 radical (unpaired) electrons. The maximum Gasteiger partial charge on any atom is 0.253 e. The van der Waals surface area contributed by atoms with Crippen molar-refractivity contribution in [2.45, 2.75) is 19.4 Å². The average Bonchev–Trinajstić information content (AvgIpc) is 2.68. The molecule has 2 rings (SSSR count). The van der Waals surface area contributed by atoms with Crippen molar-refractivity contribution in [1.29, 1.82) is 0 Å². The molecule has 0 saturated carbocycles. The van der Waals surface area contributed by atoms with E-state index in [-0.39, 0.29) is 5.91 Å². The van der Waals surface area contributed by atoms with E-state index >= 15 is 0 Å². The molecule has 0 aliphatic heterocycles. The van der Waals surface area contributed by atoms with E-state index in [1.807, 2.05) is 30.3 Å². The standard InChI is InChI=1S/C21H28N4O/c1-16(18-8-6-5-7-9-18)14-23-21(22-2)24-15-17-10-12-19(13-11-17)20(26)25(3)4/h5-13,16H,14-15H2,1-4H3,(H2,22,23,24). The molecule has 2 aromatic rings. The Morgan fingerprint density at radius 2 is 1.69 bits per heavy atom. The van der Waals surface area contributed by atoms with Crippen molar-refractivity contribution in [2.24, 2.45) is 4.99 Å². The molecular formula is C21H28N4O. The first-order chi connectivity index (χ1) is 12.5. The van der Waals surface area contributed by atoms with E-state index in [1.165, 1.54) is 5.56 Å². The summed E-state index contributed by atoms with van der Waals surface area (Å²) < 4.78 is 0. The zero-order valence-corrected chi connectivity index (χ0v) is 16.0. The number of carbonyl (C=O) groups excluding carboxylic acids is 1. The maximum absolute atomic E-state index is 11.9. The molecule has 5 nitrogen and oxygen atoms in total. The van der Waals surface area contributed by atoms with Gasteiger partial charge in [-0.3, -0.25) is 9.79 Å². The Balaban J connectivity index is 1.84. The second kappa shape index (κ2) is 9.61. The van der Waals surface area contributed by atoms with Gasteiger partial charge in [-0.2, -0.15) is 0 Å². The molecule has 1 amide bonds. The largest absolute Gasteiger partial charge is 0.356 e. The van der Waals surface area contributed by atoms with Gasteiger partial charge < -0.3 is 15.5 Å². The molecule has 0 spiro atoms. The highest BCUT2D eigenvalue weighted by atomic mass is 16.2. The fraction of sp³-hybridized carbons (Fsp3) is 0.333. The summed E-state index contributed by atoms with van der Waals surface area (Å²) in [5, 5.41) is 6.67. The molecule has 2 N–H and O–H groups in total. The van der Waals surface area contributed by atoms with Crippen molar-refractivity contribution in [1.82, 2.24) is 15.5 Å². The van der Waals surface area contributed by atoms with Crippen LogP contribution in [0.15, 0.2) is 59.6 Å². The second-order valence-electron chi connectivity index (χ2n) is 6.51. The van der Waals surface area contributed by atoms with E-state index in [0.29, 0.717) is 18.0 Å². The summed E-state index contributed by atoms with van der Waals surface area (Å²) in [6, 6.07) is 18.1. The quantitative estimate of drug-likeness (QED) is 0.621. The molecule has 0 heterocycles. The van der Waals surface area contributed by atoms with Crippen molar-refractivity contribution in [2.75, 3.05) is 27.7 Å². The fourth-order valence-corrected chi connectivity index (χ4v) is 2.58. The van der Waals surface area contributed by atoms with E-state index in [0.717, 1.165) is 18.1 Å². The minimum absolute atomic E-state index is 0.0110. The van der Waals surface area contributed by atoms with Crippen LogP contribution < -0.4 is 10.6 Å². The first-order valence-electron chi connectivity index (χ1n) is 8.81. The lowest BCUT2D eigenvalue weighted by molar-refractivity contribution is 0.0827. The van der Waals surface area contributed by atoms with Crippen LogP contribution in [0.25, 0.3) is 0 Å². The van der Waals surface area contributed by atoms with Crippen molar-refractivity contribution in [3.05, 3.63) is 71.3 Å². The molecule has 5 heteroatoms. The third-order valence-electron chi connectivity index (χ3n) is 4.23. The molecule has 0 aliphatic rings. The average molecular weight is 352 g/mol. The third-order valence-corrected chi connectivity index (χ3v) is 4.23. The van der Waals surface area contributed by atoms with Crippen LogP contribution in [0.5, 0.6) is 0 Å². The number of nitrogens with zero attached hydrogens (tertiary/aromatic N) is 2. The number of guanidine groups is 1. The number of rotatable bonds is 6. The lowest BCUT2D eigenvalue weighted by Crippen LogP contribution is -2.38. The van der Waals surface area contributed by atoms with Gasteiger partial charge in [0.1, 0.15) is 0 Å². The van der Waals surface area contributed by atoms with Crippen molar-refractivity contribution in [3.63, 3.8) is 0 Å². The van der Waals surface area contributed by atoms with E-state index < -0.39 is 0 Å². The Morgan fingerprint density at radius 3 is 2.27 bits per heavy atom.